The molecule has 1 spiro atoms. The van der Waals surface area contributed by atoms with Crippen molar-refractivity contribution in [3.8, 4) is 5.75 Å². The Bertz CT molecular complexity index is 1290. The van der Waals surface area contributed by atoms with E-state index < -0.39 is 5.18 Å². The molecule has 158 valence electrons. The lowest BCUT2D eigenvalue weighted by atomic mass is 9.97. The number of carbonyl (C=O) groups is 1. The van der Waals surface area contributed by atoms with E-state index in [9.17, 15) is 4.79 Å². The number of carbonyl (C=O) groups excluding carboxylic acids is 1. The first-order valence-electron chi connectivity index (χ1n) is 10.3. The lowest BCUT2D eigenvalue weighted by Crippen LogP contribution is -2.58. The summed E-state index contributed by atoms with van der Waals surface area (Å²) in [7, 11) is 0. The lowest BCUT2D eigenvalue weighted by molar-refractivity contribution is -0.127. The highest BCUT2D eigenvalue weighted by Crippen LogP contribution is 2.53. The van der Waals surface area contributed by atoms with E-state index >= 15 is 0 Å². The summed E-state index contributed by atoms with van der Waals surface area (Å²) in [6.45, 7) is 0. The molecule has 3 heterocycles. The van der Waals surface area contributed by atoms with Gasteiger partial charge in [0, 0.05) is 16.5 Å². The minimum atomic E-state index is -1.12. The third kappa shape index (κ3) is 3.24. The van der Waals surface area contributed by atoms with Gasteiger partial charge in [-0.1, -0.05) is 76.6 Å². The minimum absolute atomic E-state index is 0.0202. The first-order chi connectivity index (χ1) is 15.6. The van der Waals surface area contributed by atoms with Gasteiger partial charge in [-0.3, -0.25) is 10.1 Å². The molecule has 3 aromatic carbocycles. The van der Waals surface area contributed by atoms with Crippen molar-refractivity contribution < 1.29 is 9.53 Å². The SMILES string of the molecule is O=C1N[C@@]2(Oc3ccccc3[C@@H]3CC(c4ccccc4)=NN32)S/C1=C\c1cccc(Br)c1. The van der Waals surface area contributed by atoms with Gasteiger partial charge >= 0.3 is 5.18 Å². The highest BCUT2D eigenvalue weighted by Gasteiger charge is 2.57. The summed E-state index contributed by atoms with van der Waals surface area (Å²) in [5.41, 5.74) is 4.08. The zero-order chi connectivity index (χ0) is 21.7. The molecule has 0 aromatic heterocycles. The van der Waals surface area contributed by atoms with Crippen LogP contribution in [0.3, 0.4) is 0 Å². The number of nitrogens with one attached hydrogen (secondary N) is 1. The van der Waals surface area contributed by atoms with Gasteiger partial charge in [0.15, 0.2) is 0 Å². The van der Waals surface area contributed by atoms with Crippen LogP contribution < -0.4 is 10.1 Å². The summed E-state index contributed by atoms with van der Waals surface area (Å²) in [6.07, 6.45) is 2.63. The van der Waals surface area contributed by atoms with Gasteiger partial charge in [0.2, 0.25) is 0 Å². The number of fused-ring (bicyclic) bond motifs is 4. The third-order valence-electron chi connectivity index (χ3n) is 5.74. The number of amides is 1. The van der Waals surface area contributed by atoms with Gasteiger partial charge in [-0.15, -0.1) is 0 Å². The third-order valence-corrected chi connectivity index (χ3v) is 7.40. The van der Waals surface area contributed by atoms with Crippen LogP contribution in [-0.2, 0) is 4.79 Å². The highest BCUT2D eigenvalue weighted by molar-refractivity contribution is 9.10. The van der Waals surface area contributed by atoms with Crippen molar-refractivity contribution in [3.05, 3.63) is 105 Å². The van der Waals surface area contributed by atoms with E-state index in [-0.39, 0.29) is 11.9 Å². The van der Waals surface area contributed by atoms with Gasteiger partial charge in [0.25, 0.3) is 5.91 Å². The Kier molecular flexibility index (Phi) is 4.62. The Morgan fingerprint density at radius 1 is 1.09 bits per heavy atom. The quantitative estimate of drug-likeness (QED) is 0.468. The molecule has 1 fully saturated rings. The molecule has 1 amide bonds. The number of hydrazone groups is 1. The number of rotatable bonds is 2. The van der Waals surface area contributed by atoms with Crippen LogP contribution in [0.5, 0.6) is 5.75 Å². The van der Waals surface area contributed by atoms with Crippen molar-refractivity contribution in [3.63, 3.8) is 0 Å². The standard InChI is InChI=1S/C25H18BrN3O2S/c26-18-10-6-7-16(13-18)14-23-24(30)27-25(32-23)29-21(19-11-4-5-12-22(19)31-25)15-20(28-29)17-8-2-1-3-9-17/h1-14,21H,15H2,(H,27,30)/b23-14-/t21-,25+/m0/s1. The number of nitrogens with zero attached hydrogens (tertiary/aromatic N) is 2. The van der Waals surface area contributed by atoms with Crippen LogP contribution in [-0.4, -0.2) is 21.8 Å². The van der Waals surface area contributed by atoms with Gasteiger partial charge in [0.1, 0.15) is 5.75 Å². The van der Waals surface area contributed by atoms with Crippen LogP contribution >= 0.6 is 27.7 Å². The van der Waals surface area contributed by atoms with Crippen LogP contribution in [0.4, 0.5) is 0 Å². The zero-order valence-electron chi connectivity index (χ0n) is 16.9. The van der Waals surface area contributed by atoms with E-state index in [2.05, 4.69) is 39.4 Å². The first kappa shape index (κ1) is 19.6. The maximum Gasteiger partial charge on any atom is 0.336 e. The molecule has 1 N–H and O–H groups in total. The number of benzene rings is 3. The zero-order valence-corrected chi connectivity index (χ0v) is 19.3. The smallest absolute Gasteiger partial charge is 0.336 e. The van der Waals surface area contributed by atoms with Gasteiger partial charge < -0.3 is 4.74 Å². The Balaban J connectivity index is 1.43. The average molecular weight is 504 g/mol. The Morgan fingerprint density at radius 3 is 2.75 bits per heavy atom. The maximum atomic E-state index is 13.0. The van der Waals surface area contributed by atoms with Gasteiger partial charge in [-0.2, -0.15) is 5.10 Å². The predicted octanol–water partition coefficient (Wildman–Crippen LogP) is 5.51. The van der Waals surface area contributed by atoms with E-state index in [0.717, 1.165) is 39.0 Å². The van der Waals surface area contributed by atoms with Crippen LogP contribution in [0, 0.1) is 0 Å². The van der Waals surface area contributed by atoms with Crippen molar-refractivity contribution in [1.29, 1.82) is 0 Å². The molecule has 0 bridgehead atoms. The molecule has 7 heteroatoms. The summed E-state index contributed by atoms with van der Waals surface area (Å²) >= 11 is 4.85. The molecule has 32 heavy (non-hydrogen) atoms. The number of halogens is 1. The minimum Gasteiger partial charge on any atom is -0.439 e. The van der Waals surface area contributed by atoms with E-state index in [0.29, 0.717) is 4.91 Å². The molecule has 0 unspecified atom stereocenters. The fourth-order valence-corrected chi connectivity index (χ4v) is 5.88. The summed E-state index contributed by atoms with van der Waals surface area (Å²) in [5, 5.41) is 8.84. The summed E-state index contributed by atoms with van der Waals surface area (Å²) < 4.78 is 7.40. The molecule has 2 atom stereocenters. The molecule has 3 aliphatic heterocycles. The average Bonchev–Trinajstić information content (AvgIpc) is 3.38. The Hall–Kier alpha value is -3.03. The highest BCUT2D eigenvalue weighted by atomic mass is 79.9. The predicted molar refractivity (Wildman–Crippen MR) is 130 cm³/mol. The summed E-state index contributed by atoms with van der Waals surface area (Å²) in [4.78, 5) is 13.6. The van der Waals surface area contributed by atoms with Crippen LogP contribution in [0.15, 0.2) is 93.3 Å². The number of hydrogen-bond donors (Lipinski definition) is 1. The summed E-state index contributed by atoms with van der Waals surface area (Å²) in [5.74, 6) is 0.603. The van der Waals surface area contributed by atoms with Crippen molar-refractivity contribution in [2.24, 2.45) is 5.10 Å². The maximum absolute atomic E-state index is 13.0. The van der Waals surface area contributed by atoms with Crippen LogP contribution in [0.25, 0.3) is 6.08 Å². The normalized spacial score (nSPS) is 24.7. The fourth-order valence-electron chi connectivity index (χ4n) is 4.29. The van der Waals surface area contributed by atoms with Crippen LogP contribution in [0.1, 0.15) is 29.2 Å². The van der Waals surface area contributed by atoms with Crippen molar-refractivity contribution in [2.75, 3.05) is 0 Å². The first-order valence-corrected chi connectivity index (χ1v) is 11.9. The van der Waals surface area contributed by atoms with Crippen molar-refractivity contribution in [1.82, 2.24) is 10.3 Å². The monoisotopic (exact) mass is 503 g/mol. The van der Waals surface area contributed by atoms with Crippen molar-refractivity contribution in [2.45, 2.75) is 17.6 Å². The largest absolute Gasteiger partial charge is 0.439 e. The van der Waals surface area contributed by atoms with Crippen molar-refractivity contribution >= 4 is 45.4 Å². The molecule has 5 nitrogen and oxygen atoms in total. The summed E-state index contributed by atoms with van der Waals surface area (Å²) in [6, 6.07) is 26.0. The van der Waals surface area contributed by atoms with E-state index in [1.807, 2.05) is 71.7 Å². The second-order valence-electron chi connectivity index (χ2n) is 7.82. The molecule has 1 saturated heterocycles. The number of thioether (sulfide) groups is 1. The molecular weight excluding hydrogens is 486 g/mol. The topological polar surface area (TPSA) is 53.9 Å². The molecule has 3 aliphatic rings. The molecule has 6 rings (SSSR count). The van der Waals surface area contributed by atoms with E-state index in [4.69, 9.17) is 9.84 Å². The Labute approximate surface area is 198 Å². The molecule has 0 radical (unpaired) electrons. The Morgan fingerprint density at radius 2 is 1.91 bits per heavy atom. The number of para-hydroxylation sites is 1. The molecule has 0 saturated carbocycles. The lowest BCUT2D eigenvalue weighted by Gasteiger charge is -2.43. The van der Waals surface area contributed by atoms with Gasteiger partial charge in [0.05, 0.1) is 16.7 Å². The number of hydrogen-bond acceptors (Lipinski definition) is 5. The number of ether oxygens (including phenoxy) is 1. The van der Waals surface area contributed by atoms with Gasteiger partial charge in [-0.05, 0) is 47.2 Å². The fraction of sp³-hybridized carbons (Fsp3) is 0.120. The van der Waals surface area contributed by atoms with Gasteiger partial charge in [-0.25, -0.2) is 5.01 Å². The second-order valence-corrected chi connectivity index (χ2v) is 9.93. The van der Waals surface area contributed by atoms with E-state index in [1.54, 1.807) is 0 Å². The molecule has 0 aliphatic carbocycles. The molecular formula is C25H18BrN3O2S. The molecule has 3 aromatic rings. The second kappa shape index (κ2) is 7.53. The van der Waals surface area contributed by atoms with Crippen LogP contribution in [0.2, 0.25) is 0 Å². The van der Waals surface area contributed by atoms with E-state index in [1.165, 1.54) is 11.8 Å².